The summed E-state index contributed by atoms with van der Waals surface area (Å²) in [6, 6.07) is 9.83. The molecule has 0 aliphatic carbocycles. The van der Waals surface area contributed by atoms with Crippen LogP contribution in [0.3, 0.4) is 0 Å². The van der Waals surface area contributed by atoms with E-state index >= 15 is 0 Å². The van der Waals surface area contributed by atoms with E-state index in [1.807, 2.05) is 32.2 Å². The predicted octanol–water partition coefficient (Wildman–Crippen LogP) is 2.92. The second-order valence-corrected chi connectivity index (χ2v) is 6.69. The number of halogens is 1. The average molecular weight is 382 g/mol. The summed E-state index contributed by atoms with van der Waals surface area (Å²) < 4.78 is 14.6. The number of fused-ring (bicyclic) bond motifs is 1. The first-order chi connectivity index (χ1) is 13.5. The quantitative estimate of drug-likeness (QED) is 0.617. The molecule has 0 bridgehead atoms. The first-order valence-corrected chi connectivity index (χ1v) is 9.19. The van der Waals surface area contributed by atoms with Gasteiger partial charge in [-0.1, -0.05) is 18.2 Å². The van der Waals surface area contributed by atoms with Crippen molar-refractivity contribution in [1.29, 1.82) is 0 Å². The van der Waals surface area contributed by atoms with Crippen LogP contribution in [0, 0.1) is 19.7 Å². The monoisotopic (exact) mass is 382 g/mol. The molecular formula is C21H23FN4O2. The van der Waals surface area contributed by atoms with Crippen LogP contribution >= 0.6 is 0 Å². The molecule has 0 aliphatic rings. The molecule has 0 unspecified atom stereocenters. The molecule has 2 heterocycles. The number of amides is 2. The van der Waals surface area contributed by atoms with Gasteiger partial charge in [0.1, 0.15) is 17.2 Å². The van der Waals surface area contributed by atoms with Gasteiger partial charge >= 0.3 is 0 Å². The van der Waals surface area contributed by atoms with Crippen molar-refractivity contribution >= 4 is 17.5 Å². The van der Waals surface area contributed by atoms with Gasteiger partial charge in [0.25, 0.3) is 5.91 Å². The zero-order valence-electron chi connectivity index (χ0n) is 16.0. The Morgan fingerprint density at radius 1 is 1.11 bits per heavy atom. The molecule has 2 amide bonds. The van der Waals surface area contributed by atoms with E-state index < -0.39 is 0 Å². The number of rotatable bonds is 7. The van der Waals surface area contributed by atoms with Crippen LogP contribution in [-0.4, -0.2) is 27.7 Å². The number of nitrogens with zero attached hydrogens (tertiary/aromatic N) is 2. The van der Waals surface area contributed by atoms with E-state index in [0.29, 0.717) is 37.3 Å². The standard InChI is InChI=1S/C21H23FN4O2/c1-14-5-4-12-26-19(15(2)25-20(14)26)21(28)23-11-3-6-18(27)24-13-16-7-9-17(22)10-8-16/h4-5,7-10,12H,3,6,11,13H2,1-2H3,(H,23,28)(H,24,27). The second kappa shape index (κ2) is 8.65. The minimum atomic E-state index is -0.304. The molecule has 0 spiro atoms. The number of imidazole rings is 1. The van der Waals surface area contributed by atoms with Crippen molar-refractivity contribution < 1.29 is 14.0 Å². The van der Waals surface area contributed by atoms with E-state index in [-0.39, 0.29) is 17.6 Å². The van der Waals surface area contributed by atoms with Gasteiger partial charge in [0, 0.05) is 25.7 Å². The summed E-state index contributed by atoms with van der Waals surface area (Å²) in [6.07, 6.45) is 2.64. The zero-order valence-corrected chi connectivity index (χ0v) is 16.0. The normalized spacial score (nSPS) is 10.8. The summed E-state index contributed by atoms with van der Waals surface area (Å²) in [5.41, 5.74) is 3.79. The van der Waals surface area contributed by atoms with Crippen LogP contribution in [0.1, 0.15) is 40.2 Å². The number of nitrogens with one attached hydrogen (secondary N) is 2. The highest BCUT2D eigenvalue weighted by molar-refractivity contribution is 5.94. The lowest BCUT2D eigenvalue weighted by Gasteiger charge is -2.07. The largest absolute Gasteiger partial charge is 0.352 e. The van der Waals surface area contributed by atoms with E-state index in [2.05, 4.69) is 15.6 Å². The van der Waals surface area contributed by atoms with E-state index in [1.54, 1.807) is 16.5 Å². The fraction of sp³-hybridized carbons (Fsp3) is 0.286. The molecule has 0 saturated carbocycles. The van der Waals surface area contributed by atoms with Gasteiger partial charge in [-0.3, -0.25) is 14.0 Å². The summed E-state index contributed by atoms with van der Waals surface area (Å²) in [6.45, 7) is 4.51. The molecule has 28 heavy (non-hydrogen) atoms. The van der Waals surface area contributed by atoms with Crippen LogP contribution in [0.15, 0.2) is 42.6 Å². The SMILES string of the molecule is Cc1nc2c(C)cccn2c1C(=O)NCCCC(=O)NCc1ccc(F)cc1. The fourth-order valence-electron chi connectivity index (χ4n) is 3.02. The lowest BCUT2D eigenvalue weighted by molar-refractivity contribution is -0.121. The van der Waals surface area contributed by atoms with Crippen LogP contribution in [0.5, 0.6) is 0 Å². The number of pyridine rings is 1. The highest BCUT2D eigenvalue weighted by Gasteiger charge is 2.17. The molecule has 1 aromatic carbocycles. The molecule has 0 fully saturated rings. The van der Waals surface area contributed by atoms with Crippen molar-refractivity contribution in [2.75, 3.05) is 6.54 Å². The minimum absolute atomic E-state index is 0.111. The maximum Gasteiger partial charge on any atom is 0.270 e. The predicted molar refractivity (Wildman–Crippen MR) is 104 cm³/mol. The van der Waals surface area contributed by atoms with Crippen LogP contribution < -0.4 is 10.6 Å². The third-order valence-corrected chi connectivity index (χ3v) is 4.50. The zero-order chi connectivity index (χ0) is 20.1. The molecule has 3 aromatic rings. The van der Waals surface area contributed by atoms with Gasteiger partial charge in [-0.05, 0) is 49.6 Å². The summed E-state index contributed by atoms with van der Waals surface area (Å²) in [7, 11) is 0. The summed E-state index contributed by atoms with van der Waals surface area (Å²) >= 11 is 0. The molecule has 0 aliphatic heterocycles. The number of hydrogen-bond acceptors (Lipinski definition) is 3. The average Bonchev–Trinajstić information content (AvgIpc) is 3.02. The van der Waals surface area contributed by atoms with E-state index in [4.69, 9.17) is 0 Å². The Labute approximate surface area is 162 Å². The smallest absolute Gasteiger partial charge is 0.270 e. The molecular weight excluding hydrogens is 359 g/mol. The molecule has 0 saturated heterocycles. The Balaban J connectivity index is 1.46. The van der Waals surface area contributed by atoms with Gasteiger partial charge < -0.3 is 10.6 Å². The van der Waals surface area contributed by atoms with Crippen molar-refractivity contribution in [3.05, 3.63) is 70.9 Å². The summed E-state index contributed by atoms with van der Waals surface area (Å²) in [5, 5.41) is 5.64. The molecule has 3 rings (SSSR count). The van der Waals surface area contributed by atoms with Crippen LogP contribution in [-0.2, 0) is 11.3 Å². The minimum Gasteiger partial charge on any atom is -0.352 e. The van der Waals surface area contributed by atoms with Gasteiger partial charge in [-0.25, -0.2) is 9.37 Å². The van der Waals surface area contributed by atoms with Gasteiger partial charge in [0.2, 0.25) is 5.91 Å². The van der Waals surface area contributed by atoms with Crippen LogP contribution in [0.4, 0.5) is 4.39 Å². The van der Waals surface area contributed by atoms with Crippen molar-refractivity contribution in [3.8, 4) is 0 Å². The van der Waals surface area contributed by atoms with Crippen LogP contribution in [0.2, 0.25) is 0 Å². The Morgan fingerprint density at radius 3 is 2.61 bits per heavy atom. The lowest BCUT2D eigenvalue weighted by atomic mass is 10.2. The number of benzene rings is 1. The number of aryl methyl sites for hydroxylation is 2. The summed E-state index contributed by atoms with van der Waals surface area (Å²) in [4.78, 5) is 28.9. The Hall–Kier alpha value is -3.22. The van der Waals surface area contributed by atoms with E-state index in [1.165, 1.54) is 12.1 Å². The molecule has 2 N–H and O–H groups in total. The third kappa shape index (κ3) is 4.54. The molecule has 7 heteroatoms. The van der Waals surface area contributed by atoms with Gasteiger partial charge in [-0.15, -0.1) is 0 Å². The summed E-state index contributed by atoms with van der Waals surface area (Å²) in [5.74, 6) is -0.621. The first kappa shape index (κ1) is 19.5. The maximum absolute atomic E-state index is 12.9. The lowest BCUT2D eigenvalue weighted by Crippen LogP contribution is -2.28. The Morgan fingerprint density at radius 2 is 1.86 bits per heavy atom. The fourth-order valence-corrected chi connectivity index (χ4v) is 3.02. The molecule has 6 nitrogen and oxygen atoms in total. The number of carbonyl (C=O) groups is 2. The topological polar surface area (TPSA) is 75.5 Å². The number of hydrogen-bond donors (Lipinski definition) is 2. The van der Waals surface area contributed by atoms with Crippen molar-refractivity contribution in [2.24, 2.45) is 0 Å². The number of aromatic nitrogens is 2. The van der Waals surface area contributed by atoms with Gasteiger partial charge in [-0.2, -0.15) is 0 Å². The molecule has 0 radical (unpaired) electrons. The van der Waals surface area contributed by atoms with Crippen molar-refractivity contribution in [2.45, 2.75) is 33.2 Å². The molecule has 2 aromatic heterocycles. The number of carbonyl (C=O) groups excluding carboxylic acids is 2. The van der Waals surface area contributed by atoms with Crippen molar-refractivity contribution in [1.82, 2.24) is 20.0 Å². The second-order valence-electron chi connectivity index (χ2n) is 6.69. The molecule has 0 atom stereocenters. The third-order valence-electron chi connectivity index (χ3n) is 4.50. The van der Waals surface area contributed by atoms with E-state index in [9.17, 15) is 14.0 Å². The van der Waals surface area contributed by atoms with Crippen molar-refractivity contribution in [3.63, 3.8) is 0 Å². The highest BCUT2D eigenvalue weighted by atomic mass is 19.1. The van der Waals surface area contributed by atoms with Gasteiger partial charge in [0.15, 0.2) is 0 Å². The van der Waals surface area contributed by atoms with Gasteiger partial charge in [0.05, 0.1) is 5.69 Å². The highest BCUT2D eigenvalue weighted by Crippen LogP contribution is 2.15. The Kier molecular flexibility index (Phi) is 6.03. The molecule has 146 valence electrons. The Bertz CT molecular complexity index is 996. The van der Waals surface area contributed by atoms with E-state index in [0.717, 1.165) is 16.8 Å². The first-order valence-electron chi connectivity index (χ1n) is 9.19. The van der Waals surface area contributed by atoms with Crippen LogP contribution in [0.25, 0.3) is 5.65 Å². The maximum atomic E-state index is 12.9.